The minimum atomic E-state index is -0.292. The van der Waals surface area contributed by atoms with E-state index in [1.807, 2.05) is 10.6 Å². The summed E-state index contributed by atoms with van der Waals surface area (Å²) < 4.78 is 21.3. The molecule has 5 heteroatoms. The van der Waals surface area contributed by atoms with Crippen LogP contribution in [0.3, 0.4) is 0 Å². The average Bonchev–Trinajstić information content (AvgIpc) is 3.03. The molecule has 2 heterocycles. The lowest BCUT2D eigenvalue weighted by atomic mass is 10.2. The summed E-state index contributed by atoms with van der Waals surface area (Å²) >= 11 is 5.91. The monoisotopic (exact) mass is 282 g/mol. The summed E-state index contributed by atoms with van der Waals surface area (Å²) in [4.78, 5) is 4.29. The number of benzene rings is 1. The lowest BCUT2D eigenvalue weighted by molar-refractivity contribution is 0.100. The van der Waals surface area contributed by atoms with Crippen LogP contribution < -0.4 is 0 Å². The first-order valence-electron chi connectivity index (χ1n) is 6.61. The Morgan fingerprint density at radius 2 is 2.37 bits per heavy atom. The van der Waals surface area contributed by atoms with Gasteiger partial charge in [-0.25, -0.2) is 9.37 Å². The molecule has 3 nitrogen and oxygen atoms in total. The third kappa shape index (κ3) is 2.47. The number of hydrogen-bond donors (Lipinski definition) is 0. The third-order valence-corrected chi connectivity index (χ3v) is 3.87. The van der Waals surface area contributed by atoms with Gasteiger partial charge in [-0.15, -0.1) is 11.6 Å². The molecule has 1 unspecified atom stereocenters. The highest BCUT2D eigenvalue weighted by atomic mass is 35.5. The summed E-state index contributed by atoms with van der Waals surface area (Å²) in [6.45, 7) is 1.62. The highest BCUT2D eigenvalue weighted by Crippen LogP contribution is 2.23. The standard InChI is InChI=1S/C14H16ClFN2O/c15-9-13-17-14-11(16)4-1-5-12(14)18(13)7-6-10-3-2-8-19-10/h1,4-5,10H,2-3,6-9H2. The van der Waals surface area contributed by atoms with Crippen molar-refractivity contribution >= 4 is 22.6 Å². The minimum absolute atomic E-state index is 0.291. The van der Waals surface area contributed by atoms with Gasteiger partial charge in [-0.05, 0) is 31.4 Å². The van der Waals surface area contributed by atoms with Crippen LogP contribution in [0.1, 0.15) is 25.1 Å². The van der Waals surface area contributed by atoms with Crippen molar-refractivity contribution in [1.82, 2.24) is 9.55 Å². The van der Waals surface area contributed by atoms with Crippen LogP contribution in [0, 0.1) is 5.82 Å². The lowest BCUT2D eigenvalue weighted by Crippen LogP contribution is -2.11. The molecule has 1 aromatic carbocycles. The van der Waals surface area contributed by atoms with Crippen molar-refractivity contribution in [2.24, 2.45) is 0 Å². The van der Waals surface area contributed by atoms with E-state index >= 15 is 0 Å². The van der Waals surface area contributed by atoms with Crippen LogP contribution in [0.2, 0.25) is 0 Å². The molecule has 1 aliphatic rings. The molecule has 1 aliphatic heterocycles. The van der Waals surface area contributed by atoms with Crippen molar-refractivity contribution in [2.75, 3.05) is 6.61 Å². The maximum Gasteiger partial charge on any atom is 0.151 e. The first kappa shape index (κ1) is 12.9. The highest BCUT2D eigenvalue weighted by molar-refractivity contribution is 6.16. The molecular weight excluding hydrogens is 267 g/mol. The zero-order valence-corrected chi connectivity index (χ0v) is 11.4. The predicted octanol–water partition coefficient (Wildman–Crippen LogP) is 3.48. The molecule has 1 fully saturated rings. The number of halogens is 2. The number of imidazole rings is 1. The van der Waals surface area contributed by atoms with Gasteiger partial charge < -0.3 is 9.30 Å². The third-order valence-electron chi connectivity index (χ3n) is 3.63. The van der Waals surface area contributed by atoms with E-state index in [0.29, 0.717) is 17.5 Å². The van der Waals surface area contributed by atoms with Crippen molar-refractivity contribution < 1.29 is 9.13 Å². The van der Waals surface area contributed by atoms with Crippen molar-refractivity contribution in [1.29, 1.82) is 0 Å². The van der Waals surface area contributed by atoms with Crippen LogP contribution in [-0.4, -0.2) is 22.3 Å². The number of fused-ring (bicyclic) bond motifs is 1. The van der Waals surface area contributed by atoms with Gasteiger partial charge in [0.1, 0.15) is 11.3 Å². The van der Waals surface area contributed by atoms with Crippen LogP contribution in [0.4, 0.5) is 4.39 Å². The van der Waals surface area contributed by atoms with Crippen molar-refractivity contribution in [3.63, 3.8) is 0 Å². The first-order chi connectivity index (χ1) is 9.29. The quantitative estimate of drug-likeness (QED) is 0.803. The smallest absolute Gasteiger partial charge is 0.151 e. The zero-order valence-electron chi connectivity index (χ0n) is 10.6. The molecule has 0 bridgehead atoms. The van der Waals surface area contributed by atoms with Gasteiger partial charge in [0.05, 0.1) is 17.5 Å². The number of ether oxygens (including phenoxy) is 1. The molecular formula is C14H16ClFN2O. The number of nitrogens with zero attached hydrogens (tertiary/aromatic N) is 2. The second-order valence-electron chi connectivity index (χ2n) is 4.84. The van der Waals surface area contributed by atoms with E-state index in [2.05, 4.69) is 4.98 Å². The Morgan fingerprint density at radius 3 is 3.11 bits per heavy atom. The normalized spacial score (nSPS) is 19.4. The molecule has 1 aromatic heterocycles. The molecule has 0 N–H and O–H groups in total. The molecule has 0 radical (unpaired) electrons. The van der Waals surface area contributed by atoms with Crippen molar-refractivity contribution in [3.8, 4) is 0 Å². The van der Waals surface area contributed by atoms with E-state index in [9.17, 15) is 4.39 Å². The predicted molar refractivity (Wildman–Crippen MR) is 72.8 cm³/mol. The lowest BCUT2D eigenvalue weighted by Gasteiger charge is -2.12. The van der Waals surface area contributed by atoms with Crippen LogP contribution >= 0.6 is 11.6 Å². The van der Waals surface area contributed by atoms with Gasteiger partial charge in [0, 0.05) is 13.2 Å². The molecule has 1 saturated heterocycles. The Morgan fingerprint density at radius 1 is 1.47 bits per heavy atom. The van der Waals surface area contributed by atoms with Gasteiger partial charge in [-0.3, -0.25) is 0 Å². The number of hydrogen-bond acceptors (Lipinski definition) is 2. The molecule has 1 atom stereocenters. The van der Waals surface area contributed by atoms with Gasteiger partial charge in [0.2, 0.25) is 0 Å². The average molecular weight is 283 g/mol. The SMILES string of the molecule is Fc1cccc2c1nc(CCl)n2CCC1CCCO1. The van der Waals surface area contributed by atoms with Crippen LogP contribution in [0.5, 0.6) is 0 Å². The van der Waals surface area contributed by atoms with Gasteiger partial charge in [-0.2, -0.15) is 0 Å². The Bertz CT molecular complexity index is 578. The largest absolute Gasteiger partial charge is 0.378 e. The highest BCUT2D eigenvalue weighted by Gasteiger charge is 2.18. The second kappa shape index (κ2) is 5.47. The van der Waals surface area contributed by atoms with Gasteiger partial charge in [0.25, 0.3) is 0 Å². The maximum atomic E-state index is 13.7. The second-order valence-corrected chi connectivity index (χ2v) is 5.11. The maximum absolute atomic E-state index is 13.7. The Labute approximate surface area is 116 Å². The fraction of sp³-hybridized carbons (Fsp3) is 0.500. The van der Waals surface area contributed by atoms with Gasteiger partial charge >= 0.3 is 0 Å². The Hall–Kier alpha value is -1.13. The molecule has 0 aliphatic carbocycles. The van der Waals surface area contributed by atoms with Crippen LogP contribution in [-0.2, 0) is 17.2 Å². The van der Waals surface area contributed by atoms with E-state index in [-0.39, 0.29) is 5.82 Å². The minimum Gasteiger partial charge on any atom is -0.378 e. The number of rotatable bonds is 4. The summed E-state index contributed by atoms with van der Waals surface area (Å²) in [7, 11) is 0. The number of para-hydroxylation sites is 1. The van der Waals surface area contributed by atoms with E-state index in [0.717, 1.165) is 43.8 Å². The summed E-state index contributed by atoms with van der Waals surface area (Å²) in [5.74, 6) is 0.721. The number of aryl methyl sites for hydroxylation is 1. The zero-order chi connectivity index (χ0) is 13.2. The van der Waals surface area contributed by atoms with Crippen molar-refractivity contribution in [3.05, 3.63) is 29.8 Å². The summed E-state index contributed by atoms with van der Waals surface area (Å²) in [5.41, 5.74) is 1.22. The summed E-state index contributed by atoms with van der Waals surface area (Å²) in [6, 6.07) is 5.02. The first-order valence-corrected chi connectivity index (χ1v) is 7.14. The summed E-state index contributed by atoms with van der Waals surface area (Å²) in [6.07, 6.45) is 3.48. The number of aromatic nitrogens is 2. The molecule has 3 rings (SSSR count). The molecule has 0 saturated carbocycles. The van der Waals surface area contributed by atoms with Gasteiger partial charge in [-0.1, -0.05) is 6.07 Å². The fourth-order valence-electron chi connectivity index (χ4n) is 2.66. The van der Waals surface area contributed by atoms with E-state index in [1.165, 1.54) is 6.07 Å². The summed E-state index contributed by atoms with van der Waals surface area (Å²) in [5, 5.41) is 0. The fourth-order valence-corrected chi connectivity index (χ4v) is 2.86. The van der Waals surface area contributed by atoms with E-state index < -0.39 is 0 Å². The topological polar surface area (TPSA) is 27.1 Å². The molecule has 0 spiro atoms. The van der Waals surface area contributed by atoms with Crippen LogP contribution in [0.15, 0.2) is 18.2 Å². The van der Waals surface area contributed by atoms with Gasteiger partial charge in [0.15, 0.2) is 5.82 Å². The van der Waals surface area contributed by atoms with Crippen LogP contribution in [0.25, 0.3) is 11.0 Å². The molecule has 19 heavy (non-hydrogen) atoms. The number of alkyl halides is 1. The molecule has 0 amide bonds. The Balaban J connectivity index is 1.89. The van der Waals surface area contributed by atoms with Crippen molar-refractivity contribution in [2.45, 2.75) is 37.8 Å². The molecule has 102 valence electrons. The molecule has 2 aromatic rings. The van der Waals surface area contributed by atoms with E-state index in [1.54, 1.807) is 6.07 Å². The Kier molecular flexibility index (Phi) is 3.71. The van der Waals surface area contributed by atoms with E-state index in [4.69, 9.17) is 16.3 Å².